The van der Waals surface area contributed by atoms with Crippen LogP contribution in [0.4, 0.5) is 18.9 Å². The lowest BCUT2D eigenvalue weighted by molar-refractivity contribution is -0.137. The van der Waals surface area contributed by atoms with Gasteiger partial charge in [-0.15, -0.1) is 10.2 Å². The van der Waals surface area contributed by atoms with Crippen molar-refractivity contribution in [1.82, 2.24) is 14.6 Å². The number of aryl methyl sites for hydroxylation is 1. The normalized spacial score (nSPS) is 11.8. The van der Waals surface area contributed by atoms with E-state index in [0.29, 0.717) is 16.6 Å². The zero-order chi connectivity index (χ0) is 22.2. The Kier molecular flexibility index (Phi) is 5.48. The number of nitrogens with one attached hydrogen (secondary N) is 1. The van der Waals surface area contributed by atoms with Gasteiger partial charge >= 0.3 is 6.18 Å². The largest absolute Gasteiger partial charge is 0.497 e. The molecular formula is C21H17F3N4O2S. The van der Waals surface area contributed by atoms with Gasteiger partial charge in [-0.3, -0.25) is 9.20 Å². The smallest absolute Gasteiger partial charge is 0.416 e. The summed E-state index contributed by atoms with van der Waals surface area (Å²) in [5, 5.41) is 12.5. The van der Waals surface area contributed by atoms with E-state index in [1.54, 1.807) is 7.11 Å². The molecule has 0 spiro atoms. The first-order valence-electron chi connectivity index (χ1n) is 9.18. The summed E-state index contributed by atoms with van der Waals surface area (Å²) in [4.78, 5) is 12.3. The fraction of sp³-hybridized carbons (Fsp3) is 0.190. The van der Waals surface area contributed by atoms with Crippen molar-refractivity contribution in [2.75, 3.05) is 18.2 Å². The molecule has 10 heteroatoms. The lowest BCUT2D eigenvalue weighted by Gasteiger charge is -2.10. The van der Waals surface area contributed by atoms with Gasteiger partial charge in [0, 0.05) is 17.1 Å². The van der Waals surface area contributed by atoms with E-state index in [1.807, 2.05) is 35.6 Å². The molecule has 4 aromatic rings. The van der Waals surface area contributed by atoms with Crippen molar-refractivity contribution in [1.29, 1.82) is 0 Å². The van der Waals surface area contributed by atoms with Crippen molar-refractivity contribution in [3.8, 4) is 5.75 Å². The number of anilines is 1. The van der Waals surface area contributed by atoms with Crippen LogP contribution in [-0.2, 0) is 11.0 Å². The monoisotopic (exact) mass is 446 g/mol. The lowest BCUT2D eigenvalue weighted by atomic mass is 10.1. The van der Waals surface area contributed by atoms with Crippen LogP contribution in [0, 0.1) is 6.92 Å². The van der Waals surface area contributed by atoms with Crippen LogP contribution in [0.1, 0.15) is 11.1 Å². The second kappa shape index (κ2) is 8.10. The van der Waals surface area contributed by atoms with Crippen molar-refractivity contribution >= 4 is 39.9 Å². The van der Waals surface area contributed by atoms with Gasteiger partial charge in [0.15, 0.2) is 10.8 Å². The maximum atomic E-state index is 12.7. The van der Waals surface area contributed by atoms with E-state index >= 15 is 0 Å². The number of carbonyl (C=O) groups is 1. The number of benzene rings is 2. The molecule has 0 unspecified atom stereocenters. The summed E-state index contributed by atoms with van der Waals surface area (Å²) in [6.07, 6.45) is -4.42. The minimum atomic E-state index is -4.42. The zero-order valence-corrected chi connectivity index (χ0v) is 17.3. The molecule has 2 aromatic heterocycles. The van der Waals surface area contributed by atoms with E-state index in [-0.39, 0.29) is 17.3 Å². The highest BCUT2D eigenvalue weighted by Gasteiger charge is 2.30. The molecular weight excluding hydrogens is 429 g/mol. The van der Waals surface area contributed by atoms with Crippen LogP contribution in [0.3, 0.4) is 0 Å². The number of ether oxygens (including phenoxy) is 1. The zero-order valence-electron chi connectivity index (χ0n) is 16.5. The highest BCUT2D eigenvalue weighted by Crippen LogP contribution is 2.30. The van der Waals surface area contributed by atoms with Crippen LogP contribution in [0.5, 0.6) is 5.75 Å². The molecule has 1 amide bonds. The first kappa shape index (κ1) is 21.0. The van der Waals surface area contributed by atoms with Crippen molar-refractivity contribution < 1.29 is 22.7 Å². The molecule has 0 aliphatic heterocycles. The predicted molar refractivity (Wildman–Crippen MR) is 113 cm³/mol. The topological polar surface area (TPSA) is 68.5 Å². The molecule has 0 saturated carbocycles. The number of nitrogens with zero attached hydrogens (tertiary/aromatic N) is 3. The highest BCUT2D eigenvalue weighted by molar-refractivity contribution is 7.99. The predicted octanol–water partition coefficient (Wildman–Crippen LogP) is 4.95. The van der Waals surface area contributed by atoms with Crippen LogP contribution in [-0.4, -0.2) is 33.4 Å². The number of rotatable bonds is 5. The number of hydrogen-bond acceptors (Lipinski definition) is 5. The molecule has 2 aromatic carbocycles. The van der Waals surface area contributed by atoms with E-state index in [0.717, 1.165) is 28.6 Å². The van der Waals surface area contributed by atoms with Crippen LogP contribution in [0.25, 0.3) is 16.6 Å². The first-order valence-corrected chi connectivity index (χ1v) is 10.2. The molecule has 0 bridgehead atoms. The Morgan fingerprint density at radius 3 is 2.55 bits per heavy atom. The standard InChI is InChI=1S/C21H17F3N4O2S/c1-12-9-18-26-27-20(28(18)17-10-15(30-2)7-8-16(12)17)31-11-19(29)25-14-5-3-13(4-6-14)21(22,23)24/h3-10H,11H2,1-2H3,(H,25,29). The molecule has 0 fully saturated rings. The average Bonchev–Trinajstić information content (AvgIpc) is 3.14. The molecule has 2 heterocycles. The maximum Gasteiger partial charge on any atom is 0.416 e. The third-order valence-corrected chi connectivity index (χ3v) is 5.63. The van der Waals surface area contributed by atoms with E-state index in [1.165, 1.54) is 23.9 Å². The third-order valence-electron chi connectivity index (χ3n) is 4.70. The molecule has 0 saturated heterocycles. The van der Waals surface area contributed by atoms with E-state index in [2.05, 4.69) is 15.5 Å². The van der Waals surface area contributed by atoms with Crippen LogP contribution in [0.2, 0.25) is 0 Å². The second-order valence-electron chi connectivity index (χ2n) is 6.80. The summed E-state index contributed by atoms with van der Waals surface area (Å²) in [5.41, 5.74) is 2.05. The maximum absolute atomic E-state index is 12.7. The quantitative estimate of drug-likeness (QED) is 0.440. The van der Waals surface area contributed by atoms with Crippen LogP contribution in [0.15, 0.2) is 53.7 Å². The summed E-state index contributed by atoms with van der Waals surface area (Å²) < 4.78 is 45.1. The molecule has 160 valence electrons. The molecule has 1 N–H and O–H groups in total. The van der Waals surface area contributed by atoms with Gasteiger partial charge in [-0.05, 0) is 55.0 Å². The van der Waals surface area contributed by atoms with Crippen LogP contribution >= 0.6 is 11.8 Å². The van der Waals surface area contributed by atoms with E-state index < -0.39 is 11.7 Å². The van der Waals surface area contributed by atoms with Gasteiger partial charge < -0.3 is 10.1 Å². The number of hydrogen-bond donors (Lipinski definition) is 1. The number of fused-ring (bicyclic) bond motifs is 3. The van der Waals surface area contributed by atoms with Gasteiger partial charge in [0.25, 0.3) is 0 Å². The minimum absolute atomic E-state index is 0.0150. The Morgan fingerprint density at radius 1 is 1.13 bits per heavy atom. The average molecular weight is 446 g/mol. The van der Waals surface area contributed by atoms with Gasteiger partial charge in [-0.2, -0.15) is 13.2 Å². The molecule has 0 aliphatic carbocycles. The number of thioether (sulfide) groups is 1. The Labute approximate surface area is 179 Å². The number of amides is 1. The fourth-order valence-electron chi connectivity index (χ4n) is 3.19. The molecule has 0 aliphatic rings. The Hall–Kier alpha value is -3.27. The summed E-state index contributed by atoms with van der Waals surface area (Å²) in [5.74, 6) is 0.334. The second-order valence-corrected chi connectivity index (χ2v) is 7.74. The van der Waals surface area contributed by atoms with Crippen LogP contribution < -0.4 is 10.1 Å². The van der Waals surface area contributed by atoms with Gasteiger partial charge in [-0.1, -0.05) is 11.8 Å². The molecule has 6 nitrogen and oxygen atoms in total. The number of pyridine rings is 1. The highest BCUT2D eigenvalue weighted by atomic mass is 32.2. The Morgan fingerprint density at radius 2 is 1.87 bits per heavy atom. The molecule has 31 heavy (non-hydrogen) atoms. The summed E-state index contributed by atoms with van der Waals surface area (Å²) in [7, 11) is 1.58. The Bertz CT molecular complexity index is 1270. The van der Waals surface area contributed by atoms with Crippen molar-refractivity contribution in [3.05, 3.63) is 59.7 Å². The SMILES string of the molecule is COc1ccc2c(C)cc3nnc(SCC(=O)Nc4ccc(C(F)(F)F)cc4)n3c2c1. The van der Waals surface area contributed by atoms with Crippen molar-refractivity contribution in [3.63, 3.8) is 0 Å². The van der Waals surface area contributed by atoms with Gasteiger partial charge in [0.1, 0.15) is 5.75 Å². The van der Waals surface area contributed by atoms with Crippen molar-refractivity contribution in [2.45, 2.75) is 18.3 Å². The van der Waals surface area contributed by atoms with Gasteiger partial charge in [-0.25, -0.2) is 0 Å². The van der Waals surface area contributed by atoms with Gasteiger partial charge in [0.2, 0.25) is 5.91 Å². The lowest BCUT2D eigenvalue weighted by Crippen LogP contribution is -2.14. The van der Waals surface area contributed by atoms with Gasteiger partial charge in [0.05, 0.1) is 23.9 Å². The van der Waals surface area contributed by atoms with E-state index in [9.17, 15) is 18.0 Å². The number of aromatic nitrogens is 3. The van der Waals surface area contributed by atoms with E-state index in [4.69, 9.17) is 4.74 Å². The molecule has 4 rings (SSSR count). The summed E-state index contributed by atoms with van der Waals surface area (Å²) in [6.45, 7) is 1.98. The first-order chi connectivity index (χ1) is 14.8. The number of halogens is 3. The number of alkyl halides is 3. The van der Waals surface area contributed by atoms with Crippen molar-refractivity contribution in [2.24, 2.45) is 0 Å². The minimum Gasteiger partial charge on any atom is -0.497 e. The summed E-state index contributed by atoms with van der Waals surface area (Å²) in [6, 6.07) is 11.9. The third kappa shape index (κ3) is 4.29. The number of carbonyl (C=O) groups excluding carboxylic acids is 1. The fourth-order valence-corrected chi connectivity index (χ4v) is 3.94. The Balaban J connectivity index is 1.54. The number of methoxy groups -OCH3 is 1. The summed E-state index contributed by atoms with van der Waals surface area (Å²) >= 11 is 1.18. The molecule has 0 atom stereocenters. The molecule has 0 radical (unpaired) electrons.